The molecule has 0 radical (unpaired) electrons. The smallest absolute Gasteiger partial charge is 0.255 e. The van der Waals surface area contributed by atoms with Gasteiger partial charge < -0.3 is 15.1 Å². The molecule has 0 aliphatic carbocycles. The lowest BCUT2D eigenvalue weighted by molar-refractivity contribution is 0.0963. The van der Waals surface area contributed by atoms with Gasteiger partial charge in [-0.15, -0.1) is 0 Å². The number of nitrogens with one attached hydrogen (secondary N) is 2. The summed E-state index contributed by atoms with van der Waals surface area (Å²) in [6.45, 7) is 5.79. The summed E-state index contributed by atoms with van der Waals surface area (Å²) >= 11 is 3.46. The monoisotopic (exact) mass is 326 g/mol. The molecule has 0 saturated carbocycles. The van der Waals surface area contributed by atoms with E-state index in [2.05, 4.69) is 26.6 Å². The van der Waals surface area contributed by atoms with Crippen molar-refractivity contribution in [2.45, 2.75) is 20.8 Å². The van der Waals surface area contributed by atoms with Gasteiger partial charge in [0.1, 0.15) is 11.3 Å². The predicted molar refractivity (Wildman–Crippen MR) is 82.9 cm³/mol. The Labute approximate surface area is 121 Å². The van der Waals surface area contributed by atoms with Gasteiger partial charge in [-0.2, -0.15) is 0 Å². The Kier molecular flexibility index (Phi) is 5.42. The maximum atomic E-state index is 11.8. The fraction of sp³-hybridized carbons (Fsp3) is 0.357. The maximum Gasteiger partial charge on any atom is 0.255 e. The Bertz CT molecular complexity index is 591. The first kappa shape index (κ1) is 15.6. The predicted octanol–water partition coefficient (Wildman–Crippen LogP) is 3.93. The van der Waals surface area contributed by atoms with E-state index in [4.69, 9.17) is 4.42 Å². The number of hydrogen-bond donors (Lipinski definition) is 2. The lowest BCUT2D eigenvalue weighted by atomic mass is 10.1. The molecule has 0 saturated heterocycles. The Morgan fingerprint density at radius 2 is 1.89 bits per heavy atom. The molecule has 1 amide bonds. The second kappa shape index (κ2) is 6.61. The van der Waals surface area contributed by atoms with Gasteiger partial charge >= 0.3 is 0 Å². The highest BCUT2D eigenvalue weighted by Gasteiger charge is 2.18. The Morgan fingerprint density at radius 1 is 1.26 bits per heavy atom. The molecule has 2 N–H and O–H groups in total. The van der Waals surface area contributed by atoms with Crippen molar-refractivity contribution < 1.29 is 9.21 Å². The van der Waals surface area contributed by atoms with Crippen molar-refractivity contribution in [3.05, 3.63) is 27.9 Å². The molecule has 0 atom stereocenters. The number of carbonyl (C=O) groups excluding carboxylic acids is 1. The Balaban J connectivity index is 0.000000861. The highest BCUT2D eigenvalue weighted by Crippen LogP contribution is 2.33. The van der Waals surface area contributed by atoms with E-state index in [-0.39, 0.29) is 5.91 Å². The number of fused-ring (bicyclic) bond motifs is 1. The van der Waals surface area contributed by atoms with Crippen LogP contribution in [0.4, 0.5) is 5.69 Å². The lowest BCUT2D eigenvalue weighted by Gasteiger charge is -2.03. The highest BCUT2D eigenvalue weighted by molar-refractivity contribution is 9.10. The fourth-order valence-corrected chi connectivity index (χ4v) is 2.38. The van der Waals surface area contributed by atoms with Crippen LogP contribution in [0.2, 0.25) is 0 Å². The van der Waals surface area contributed by atoms with Crippen molar-refractivity contribution in [1.29, 1.82) is 0 Å². The minimum absolute atomic E-state index is 0.134. The van der Waals surface area contributed by atoms with E-state index in [9.17, 15) is 4.79 Å². The molecule has 4 nitrogen and oxygen atoms in total. The Hall–Kier alpha value is -1.49. The van der Waals surface area contributed by atoms with E-state index in [0.29, 0.717) is 16.9 Å². The first-order valence-electron chi connectivity index (χ1n) is 6.21. The van der Waals surface area contributed by atoms with Crippen LogP contribution in [0.5, 0.6) is 0 Å². The van der Waals surface area contributed by atoms with Crippen LogP contribution in [0, 0.1) is 6.92 Å². The molecule has 0 fully saturated rings. The molecular formula is C14H19BrN2O2. The zero-order chi connectivity index (χ0) is 14.6. The second-order valence-electron chi connectivity index (χ2n) is 3.69. The van der Waals surface area contributed by atoms with E-state index in [0.717, 1.165) is 15.5 Å². The number of halogens is 1. The Morgan fingerprint density at radius 3 is 2.42 bits per heavy atom. The van der Waals surface area contributed by atoms with E-state index in [1.807, 2.05) is 33.0 Å². The molecule has 2 rings (SSSR count). The van der Waals surface area contributed by atoms with Gasteiger partial charge in [0.2, 0.25) is 0 Å². The number of benzene rings is 1. The molecule has 2 aromatic rings. The van der Waals surface area contributed by atoms with E-state index in [1.165, 1.54) is 0 Å². The minimum atomic E-state index is -0.134. The van der Waals surface area contributed by atoms with Crippen molar-refractivity contribution in [3.8, 4) is 0 Å². The van der Waals surface area contributed by atoms with Crippen LogP contribution >= 0.6 is 15.9 Å². The minimum Gasteiger partial charge on any atom is -0.460 e. The van der Waals surface area contributed by atoms with Gasteiger partial charge in [0.25, 0.3) is 5.91 Å². The number of aryl methyl sites for hydroxylation is 1. The average Bonchev–Trinajstić information content (AvgIpc) is 2.74. The third kappa shape index (κ3) is 2.92. The molecule has 1 aromatic heterocycles. The van der Waals surface area contributed by atoms with Crippen molar-refractivity contribution >= 4 is 38.5 Å². The van der Waals surface area contributed by atoms with Crippen LogP contribution < -0.4 is 10.6 Å². The summed E-state index contributed by atoms with van der Waals surface area (Å²) in [5.41, 5.74) is 2.22. The second-order valence-corrected chi connectivity index (χ2v) is 4.54. The third-order valence-corrected chi connectivity index (χ3v) is 3.33. The molecule has 19 heavy (non-hydrogen) atoms. The number of amides is 1. The van der Waals surface area contributed by atoms with Crippen LogP contribution in [0.15, 0.2) is 21.0 Å². The van der Waals surface area contributed by atoms with Gasteiger partial charge in [-0.25, -0.2) is 0 Å². The summed E-state index contributed by atoms with van der Waals surface area (Å²) in [5, 5.41) is 6.48. The summed E-state index contributed by atoms with van der Waals surface area (Å²) < 4.78 is 6.50. The van der Waals surface area contributed by atoms with Crippen molar-refractivity contribution in [2.24, 2.45) is 0 Å². The first-order valence-corrected chi connectivity index (χ1v) is 7.00. The molecule has 1 heterocycles. The van der Waals surface area contributed by atoms with Gasteiger partial charge in [0.15, 0.2) is 0 Å². The molecule has 0 aliphatic rings. The number of rotatable bonds is 2. The van der Waals surface area contributed by atoms with E-state index >= 15 is 0 Å². The summed E-state index contributed by atoms with van der Waals surface area (Å²) in [5.74, 6) is 0.491. The SMILES string of the molecule is CC.CNC(=O)c1c(C)oc2cc(NC)c(Br)cc12. The average molecular weight is 327 g/mol. The number of anilines is 1. The molecule has 0 unspecified atom stereocenters. The van der Waals surface area contributed by atoms with E-state index < -0.39 is 0 Å². The normalized spacial score (nSPS) is 9.79. The van der Waals surface area contributed by atoms with Gasteiger partial charge in [0, 0.05) is 30.0 Å². The molecule has 1 aromatic carbocycles. The number of hydrogen-bond acceptors (Lipinski definition) is 3. The van der Waals surface area contributed by atoms with Crippen LogP contribution in [0.1, 0.15) is 30.0 Å². The number of furan rings is 1. The fourth-order valence-electron chi connectivity index (χ4n) is 1.84. The molecule has 0 bridgehead atoms. The standard InChI is InChI=1S/C12H13BrN2O2.C2H6/c1-6-11(12(16)15-3)7-4-8(13)9(14-2)5-10(7)17-6;1-2/h4-5,14H,1-3H3,(H,15,16);1-2H3. The van der Waals surface area contributed by atoms with Gasteiger partial charge in [0.05, 0.1) is 11.3 Å². The third-order valence-electron chi connectivity index (χ3n) is 2.68. The zero-order valence-electron chi connectivity index (χ0n) is 11.8. The largest absolute Gasteiger partial charge is 0.460 e. The number of carbonyl (C=O) groups is 1. The molecule has 104 valence electrons. The van der Waals surface area contributed by atoms with Gasteiger partial charge in [-0.3, -0.25) is 4.79 Å². The summed E-state index contributed by atoms with van der Waals surface area (Å²) in [4.78, 5) is 11.8. The highest BCUT2D eigenvalue weighted by atomic mass is 79.9. The van der Waals surface area contributed by atoms with Crippen molar-refractivity contribution in [1.82, 2.24) is 5.32 Å². The van der Waals surface area contributed by atoms with Crippen LogP contribution in [-0.4, -0.2) is 20.0 Å². The lowest BCUT2D eigenvalue weighted by Crippen LogP contribution is -2.18. The maximum absolute atomic E-state index is 11.8. The first-order chi connectivity index (χ1) is 9.08. The molecule has 0 spiro atoms. The van der Waals surface area contributed by atoms with Crippen LogP contribution in [0.25, 0.3) is 11.0 Å². The van der Waals surface area contributed by atoms with Crippen LogP contribution in [-0.2, 0) is 0 Å². The van der Waals surface area contributed by atoms with Crippen molar-refractivity contribution in [3.63, 3.8) is 0 Å². The van der Waals surface area contributed by atoms with Crippen LogP contribution in [0.3, 0.4) is 0 Å². The topological polar surface area (TPSA) is 54.3 Å². The van der Waals surface area contributed by atoms with Gasteiger partial charge in [-0.1, -0.05) is 13.8 Å². The molecule has 5 heteroatoms. The summed E-state index contributed by atoms with van der Waals surface area (Å²) in [6, 6.07) is 3.76. The van der Waals surface area contributed by atoms with Crippen molar-refractivity contribution in [2.75, 3.05) is 19.4 Å². The molecule has 0 aliphatic heterocycles. The summed E-state index contributed by atoms with van der Waals surface area (Å²) in [6.07, 6.45) is 0. The van der Waals surface area contributed by atoms with E-state index in [1.54, 1.807) is 14.0 Å². The quantitative estimate of drug-likeness (QED) is 0.879. The van der Waals surface area contributed by atoms with Gasteiger partial charge in [-0.05, 0) is 28.9 Å². The molecular weight excluding hydrogens is 308 g/mol. The summed E-state index contributed by atoms with van der Waals surface area (Å²) in [7, 11) is 3.44. The zero-order valence-corrected chi connectivity index (χ0v) is 13.4.